The third kappa shape index (κ3) is 6.36. The average molecular weight is 531 g/mol. The Bertz CT molecular complexity index is 1420. The molecular formula is C28H34N8O3. The maximum Gasteiger partial charge on any atom is 0.293 e. The van der Waals surface area contributed by atoms with E-state index in [0.29, 0.717) is 37.2 Å². The van der Waals surface area contributed by atoms with Crippen LogP contribution in [0.1, 0.15) is 62.3 Å². The highest BCUT2D eigenvalue weighted by Gasteiger charge is 2.29. The fourth-order valence-electron chi connectivity index (χ4n) is 4.26. The van der Waals surface area contributed by atoms with Crippen molar-refractivity contribution >= 4 is 23.4 Å². The van der Waals surface area contributed by atoms with Gasteiger partial charge in [0.2, 0.25) is 11.8 Å². The van der Waals surface area contributed by atoms with Crippen LogP contribution < -0.4 is 15.5 Å². The summed E-state index contributed by atoms with van der Waals surface area (Å²) < 4.78 is 0. The summed E-state index contributed by atoms with van der Waals surface area (Å²) in [7, 11) is 0. The van der Waals surface area contributed by atoms with Crippen molar-refractivity contribution in [2.24, 2.45) is 0 Å². The Balaban J connectivity index is 1.50. The molecule has 1 aromatic carbocycles. The predicted molar refractivity (Wildman–Crippen MR) is 147 cm³/mol. The number of amides is 3. The van der Waals surface area contributed by atoms with Crippen LogP contribution in [0.3, 0.4) is 0 Å². The van der Waals surface area contributed by atoms with Gasteiger partial charge in [0.05, 0.1) is 17.4 Å². The Labute approximate surface area is 227 Å². The lowest BCUT2D eigenvalue weighted by molar-refractivity contribution is -0.122. The molecule has 3 aromatic rings. The molecule has 3 amide bonds. The van der Waals surface area contributed by atoms with Crippen molar-refractivity contribution in [3.63, 3.8) is 0 Å². The zero-order chi connectivity index (χ0) is 28.3. The molecule has 0 bridgehead atoms. The highest BCUT2D eigenvalue weighted by atomic mass is 16.2. The molecule has 3 heterocycles. The zero-order valence-electron chi connectivity index (χ0n) is 23.0. The molecule has 11 nitrogen and oxygen atoms in total. The van der Waals surface area contributed by atoms with Crippen molar-refractivity contribution in [2.75, 3.05) is 11.4 Å². The fraction of sp³-hybridized carbons (Fsp3) is 0.393. The number of hydrogen-bond donors (Lipinski definition) is 2. The van der Waals surface area contributed by atoms with Crippen molar-refractivity contribution < 1.29 is 14.4 Å². The number of rotatable bonds is 7. The number of nitrogens with zero attached hydrogens (tertiary/aromatic N) is 6. The summed E-state index contributed by atoms with van der Waals surface area (Å²) in [5, 5.41) is 17.8. The van der Waals surface area contributed by atoms with E-state index in [4.69, 9.17) is 0 Å². The van der Waals surface area contributed by atoms with Gasteiger partial charge in [0.15, 0.2) is 0 Å². The number of hydrogen-bond acceptors (Lipinski definition) is 7. The van der Waals surface area contributed by atoms with Gasteiger partial charge in [-0.1, -0.05) is 24.8 Å². The molecule has 204 valence electrons. The minimum atomic E-state index is -0.401. The molecular weight excluding hydrogens is 496 g/mol. The van der Waals surface area contributed by atoms with Crippen LogP contribution in [0.5, 0.6) is 0 Å². The van der Waals surface area contributed by atoms with Gasteiger partial charge in [0.1, 0.15) is 0 Å². The zero-order valence-corrected chi connectivity index (χ0v) is 23.0. The first kappa shape index (κ1) is 27.6. The number of anilines is 1. The number of piperidine rings is 1. The van der Waals surface area contributed by atoms with E-state index < -0.39 is 5.91 Å². The largest absolute Gasteiger partial charge is 0.348 e. The van der Waals surface area contributed by atoms with Gasteiger partial charge in [-0.25, -0.2) is 0 Å². The number of tetrazole rings is 1. The van der Waals surface area contributed by atoms with Crippen molar-refractivity contribution in [2.45, 2.75) is 65.6 Å². The summed E-state index contributed by atoms with van der Waals surface area (Å²) in [6, 6.07) is 7.62. The number of aromatic nitrogens is 5. The molecule has 39 heavy (non-hydrogen) atoms. The highest BCUT2D eigenvalue weighted by molar-refractivity contribution is 5.99. The number of benzene rings is 1. The summed E-state index contributed by atoms with van der Waals surface area (Å²) in [5.41, 5.74) is 4.41. The third-order valence-corrected chi connectivity index (χ3v) is 6.53. The first-order valence-electron chi connectivity index (χ1n) is 12.8. The van der Waals surface area contributed by atoms with Crippen LogP contribution in [0.2, 0.25) is 0 Å². The van der Waals surface area contributed by atoms with Crippen LogP contribution in [0.15, 0.2) is 48.8 Å². The lowest BCUT2D eigenvalue weighted by Gasteiger charge is -2.34. The average Bonchev–Trinajstić information content (AvgIpc) is 3.40. The van der Waals surface area contributed by atoms with Crippen LogP contribution in [0.25, 0.3) is 11.1 Å². The highest BCUT2D eigenvalue weighted by Crippen LogP contribution is 2.33. The lowest BCUT2D eigenvalue weighted by Crippen LogP contribution is -2.50. The molecule has 4 rings (SSSR count). The minimum Gasteiger partial charge on any atom is -0.348 e. The summed E-state index contributed by atoms with van der Waals surface area (Å²) in [5.74, 6) is -0.612. The van der Waals surface area contributed by atoms with Gasteiger partial charge in [0.25, 0.3) is 11.7 Å². The molecule has 0 saturated carbocycles. The molecule has 1 saturated heterocycles. The normalized spacial score (nSPS) is 15.7. The van der Waals surface area contributed by atoms with Gasteiger partial charge in [-0.15, -0.1) is 10.2 Å². The molecule has 1 aliphatic heterocycles. The minimum absolute atomic E-state index is 0.0156. The molecule has 0 aliphatic carbocycles. The van der Waals surface area contributed by atoms with E-state index in [1.54, 1.807) is 24.2 Å². The Morgan fingerprint density at radius 3 is 2.64 bits per heavy atom. The second-order valence-electron chi connectivity index (χ2n) is 10.8. The fourth-order valence-corrected chi connectivity index (χ4v) is 4.26. The predicted octanol–water partition coefficient (Wildman–Crippen LogP) is 2.92. The van der Waals surface area contributed by atoms with Gasteiger partial charge in [0, 0.05) is 42.9 Å². The number of pyridine rings is 1. The number of aryl methyl sites for hydroxylation is 1. The SMILES string of the molecule is C=C(C)C(=O)NC1CCC(=O)N(c2cnccc2-c2ccc(CNC(=O)c3nnn(C(C)(C)C)n3)c(C)c2)C1. The molecule has 2 aromatic heterocycles. The Morgan fingerprint density at radius 1 is 1.21 bits per heavy atom. The van der Waals surface area contributed by atoms with E-state index in [1.807, 2.05) is 52.0 Å². The lowest BCUT2D eigenvalue weighted by atomic mass is 9.97. The van der Waals surface area contributed by atoms with Gasteiger partial charge in [-0.05, 0) is 69.0 Å². The van der Waals surface area contributed by atoms with E-state index >= 15 is 0 Å². The summed E-state index contributed by atoms with van der Waals surface area (Å²) in [6.07, 6.45) is 4.27. The Hall–Kier alpha value is -4.41. The molecule has 1 unspecified atom stereocenters. The Kier molecular flexibility index (Phi) is 7.89. The maximum atomic E-state index is 12.9. The van der Waals surface area contributed by atoms with Crippen LogP contribution in [-0.4, -0.2) is 55.5 Å². The van der Waals surface area contributed by atoms with Crippen LogP contribution in [-0.2, 0) is 21.7 Å². The van der Waals surface area contributed by atoms with Gasteiger partial charge >= 0.3 is 0 Å². The molecule has 1 atom stereocenters. The number of nitrogens with one attached hydrogen (secondary N) is 2. The van der Waals surface area contributed by atoms with Crippen LogP contribution >= 0.6 is 0 Å². The van der Waals surface area contributed by atoms with E-state index in [9.17, 15) is 14.4 Å². The summed E-state index contributed by atoms with van der Waals surface area (Å²) in [4.78, 5) is 45.0. The van der Waals surface area contributed by atoms with Crippen molar-refractivity contribution in [1.82, 2.24) is 35.8 Å². The first-order chi connectivity index (χ1) is 18.4. The first-order valence-corrected chi connectivity index (χ1v) is 12.8. The topological polar surface area (TPSA) is 135 Å². The molecule has 11 heteroatoms. The molecule has 1 aliphatic rings. The number of carbonyl (C=O) groups is 3. The van der Waals surface area contributed by atoms with Crippen molar-refractivity contribution in [3.05, 3.63) is 65.8 Å². The van der Waals surface area contributed by atoms with Crippen LogP contribution in [0.4, 0.5) is 5.69 Å². The summed E-state index contributed by atoms with van der Waals surface area (Å²) >= 11 is 0. The second kappa shape index (κ2) is 11.1. The van der Waals surface area contributed by atoms with Gasteiger partial charge in [-0.3, -0.25) is 19.4 Å². The third-order valence-electron chi connectivity index (χ3n) is 6.53. The molecule has 1 fully saturated rings. The molecule has 0 spiro atoms. The smallest absolute Gasteiger partial charge is 0.293 e. The molecule has 0 radical (unpaired) electrons. The van der Waals surface area contributed by atoms with Crippen molar-refractivity contribution in [3.8, 4) is 11.1 Å². The van der Waals surface area contributed by atoms with E-state index in [-0.39, 0.29) is 29.2 Å². The van der Waals surface area contributed by atoms with E-state index in [2.05, 4.69) is 37.6 Å². The van der Waals surface area contributed by atoms with E-state index in [1.165, 1.54) is 4.80 Å². The molecule has 2 N–H and O–H groups in total. The van der Waals surface area contributed by atoms with E-state index in [0.717, 1.165) is 22.3 Å². The maximum absolute atomic E-state index is 12.9. The van der Waals surface area contributed by atoms with Crippen molar-refractivity contribution in [1.29, 1.82) is 0 Å². The van der Waals surface area contributed by atoms with Crippen LogP contribution in [0, 0.1) is 6.92 Å². The van der Waals surface area contributed by atoms with Gasteiger partial charge < -0.3 is 15.5 Å². The quantitative estimate of drug-likeness (QED) is 0.449. The van der Waals surface area contributed by atoms with Gasteiger partial charge in [-0.2, -0.15) is 4.80 Å². The second-order valence-corrected chi connectivity index (χ2v) is 10.8. The summed E-state index contributed by atoms with van der Waals surface area (Å²) in [6.45, 7) is 13.8. The monoisotopic (exact) mass is 530 g/mol. The Morgan fingerprint density at radius 2 is 1.97 bits per heavy atom. The standard InChI is InChI=1S/C28H34N8O3/c1-17(2)26(38)31-21-9-10-24(37)35(16-21)23-15-29-12-11-22(23)19-7-8-20(18(3)13-19)14-30-27(39)25-32-34-36(33-25)28(4,5)6/h7-8,11-13,15,21H,1,9-10,14,16H2,2-6H3,(H,30,39)(H,31,38). The number of carbonyl (C=O) groups excluding carboxylic acids is 3.